The average Bonchev–Trinajstić information content (AvgIpc) is 3.03. The summed E-state index contributed by atoms with van der Waals surface area (Å²) in [4.78, 5) is 15.1. The molecule has 1 amide bonds. The minimum absolute atomic E-state index is 0.0841. The molecule has 152 valence electrons. The molecular formula is C24H30N4O. The van der Waals surface area contributed by atoms with Gasteiger partial charge in [-0.1, -0.05) is 49.4 Å². The predicted octanol–water partition coefficient (Wildman–Crippen LogP) is 4.08. The van der Waals surface area contributed by atoms with Gasteiger partial charge in [-0.15, -0.1) is 0 Å². The van der Waals surface area contributed by atoms with Crippen LogP contribution in [-0.2, 0) is 6.42 Å². The molecule has 1 aromatic heterocycles. The topological polar surface area (TPSA) is 50.2 Å². The first-order chi connectivity index (χ1) is 13.9. The molecule has 0 fully saturated rings. The van der Waals surface area contributed by atoms with Gasteiger partial charge in [0.25, 0.3) is 5.91 Å². The Morgan fingerprint density at radius 1 is 1.07 bits per heavy atom. The number of aryl methyl sites for hydroxylation is 2. The zero-order chi connectivity index (χ0) is 21.0. The van der Waals surface area contributed by atoms with E-state index in [1.807, 2.05) is 63.0 Å². The van der Waals surface area contributed by atoms with Gasteiger partial charge in [0.2, 0.25) is 0 Å². The second-order valence-corrected chi connectivity index (χ2v) is 7.58. The van der Waals surface area contributed by atoms with Crippen LogP contribution in [0.25, 0.3) is 5.69 Å². The number of rotatable bonds is 7. The van der Waals surface area contributed by atoms with Gasteiger partial charge in [-0.3, -0.25) is 4.79 Å². The van der Waals surface area contributed by atoms with E-state index in [1.165, 1.54) is 11.1 Å². The molecule has 0 saturated carbocycles. The number of likely N-dealkylation sites (N-methyl/N-ethyl adjacent to an activating group) is 1. The standard InChI is InChI=1S/C24H30N4O/c1-6-19-12-14-20(15-13-19)22(27(4)5)16-25-24(29)23-17(2)26-28(18(23)3)21-10-8-7-9-11-21/h7-15,22H,6,16H2,1-5H3,(H,25,29)/t22-/m1/s1. The van der Waals surface area contributed by atoms with Crippen molar-refractivity contribution in [2.24, 2.45) is 0 Å². The van der Waals surface area contributed by atoms with Gasteiger partial charge in [0.1, 0.15) is 0 Å². The van der Waals surface area contributed by atoms with Crippen molar-refractivity contribution < 1.29 is 4.79 Å². The molecule has 0 aliphatic rings. The molecule has 0 unspecified atom stereocenters. The van der Waals surface area contributed by atoms with Crippen molar-refractivity contribution >= 4 is 5.91 Å². The van der Waals surface area contributed by atoms with Gasteiger partial charge >= 0.3 is 0 Å². The Morgan fingerprint density at radius 2 is 1.72 bits per heavy atom. The van der Waals surface area contributed by atoms with E-state index in [2.05, 4.69) is 46.5 Å². The number of para-hydroxylation sites is 1. The van der Waals surface area contributed by atoms with Crippen LogP contribution in [-0.4, -0.2) is 41.2 Å². The highest BCUT2D eigenvalue weighted by Crippen LogP contribution is 2.20. The van der Waals surface area contributed by atoms with Crippen LogP contribution in [0.4, 0.5) is 0 Å². The van der Waals surface area contributed by atoms with E-state index in [0.29, 0.717) is 12.1 Å². The normalized spacial score (nSPS) is 12.2. The first-order valence-electron chi connectivity index (χ1n) is 10.1. The Kier molecular flexibility index (Phi) is 6.49. The second kappa shape index (κ2) is 9.05. The van der Waals surface area contributed by atoms with Crippen LogP contribution in [0.5, 0.6) is 0 Å². The molecular weight excluding hydrogens is 360 g/mol. The maximum atomic E-state index is 13.0. The van der Waals surface area contributed by atoms with Gasteiger partial charge in [-0.25, -0.2) is 4.68 Å². The number of hydrogen-bond acceptors (Lipinski definition) is 3. The summed E-state index contributed by atoms with van der Waals surface area (Å²) < 4.78 is 1.83. The van der Waals surface area contributed by atoms with Crippen molar-refractivity contribution in [2.75, 3.05) is 20.6 Å². The van der Waals surface area contributed by atoms with Crippen molar-refractivity contribution in [3.05, 3.63) is 82.7 Å². The zero-order valence-corrected chi connectivity index (χ0v) is 17.9. The van der Waals surface area contributed by atoms with E-state index < -0.39 is 0 Å². The summed E-state index contributed by atoms with van der Waals surface area (Å²) in [6, 6.07) is 18.6. The lowest BCUT2D eigenvalue weighted by Crippen LogP contribution is -2.35. The summed E-state index contributed by atoms with van der Waals surface area (Å²) in [7, 11) is 4.07. The molecule has 1 heterocycles. The molecule has 0 bridgehead atoms. The molecule has 0 saturated heterocycles. The van der Waals surface area contributed by atoms with Crippen LogP contribution in [0.2, 0.25) is 0 Å². The van der Waals surface area contributed by atoms with Crippen LogP contribution in [0.3, 0.4) is 0 Å². The summed E-state index contributed by atoms with van der Waals surface area (Å²) in [5.74, 6) is -0.0841. The van der Waals surface area contributed by atoms with Crippen LogP contribution in [0.1, 0.15) is 45.8 Å². The van der Waals surface area contributed by atoms with Crippen LogP contribution >= 0.6 is 0 Å². The first-order valence-corrected chi connectivity index (χ1v) is 10.1. The lowest BCUT2D eigenvalue weighted by molar-refractivity contribution is 0.0940. The third-order valence-corrected chi connectivity index (χ3v) is 5.37. The van der Waals surface area contributed by atoms with Gasteiger partial charge in [-0.05, 0) is 57.6 Å². The van der Waals surface area contributed by atoms with Gasteiger partial charge in [-0.2, -0.15) is 5.10 Å². The largest absolute Gasteiger partial charge is 0.350 e. The molecule has 0 spiro atoms. The Hall–Kier alpha value is -2.92. The van der Waals surface area contributed by atoms with Crippen LogP contribution in [0, 0.1) is 13.8 Å². The molecule has 0 aliphatic carbocycles. The van der Waals surface area contributed by atoms with Crippen molar-refractivity contribution in [1.29, 1.82) is 0 Å². The van der Waals surface area contributed by atoms with Crippen molar-refractivity contribution in [3.8, 4) is 5.69 Å². The fourth-order valence-corrected chi connectivity index (χ4v) is 3.64. The molecule has 3 rings (SSSR count). The lowest BCUT2D eigenvalue weighted by atomic mass is 10.0. The summed E-state index contributed by atoms with van der Waals surface area (Å²) in [6.07, 6.45) is 1.02. The minimum Gasteiger partial charge on any atom is -0.350 e. The van der Waals surface area contributed by atoms with E-state index >= 15 is 0 Å². The first kappa shape index (κ1) is 20.8. The molecule has 5 heteroatoms. The van der Waals surface area contributed by atoms with E-state index in [0.717, 1.165) is 23.5 Å². The minimum atomic E-state index is -0.0841. The molecule has 1 atom stereocenters. The number of nitrogens with one attached hydrogen (secondary N) is 1. The summed E-state index contributed by atoms with van der Waals surface area (Å²) >= 11 is 0. The third-order valence-electron chi connectivity index (χ3n) is 5.37. The summed E-state index contributed by atoms with van der Waals surface area (Å²) in [5, 5.41) is 7.71. The number of hydrogen-bond donors (Lipinski definition) is 1. The Balaban J connectivity index is 1.78. The Labute approximate surface area is 173 Å². The smallest absolute Gasteiger partial charge is 0.255 e. The molecule has 2 aromatic carbocycles. The molecule has 0 aliphatic heterocycles. The molecule has 5 nitrogen and oxygen atoms in total. The number of carbonyl (C=O) groups excluding carboxylic acids is 1. The van der Waals surface area contributed by atoms with Crippen molar-refractivity contribution in [1.82, 2.24) is 20.0 Å². The van der Waals surface area contributed by atoms with E-state index in [1.54, 1.807) is 0 Å². The van der Waals surface area contributed by atoms with Gasteiger partial charge in [0.05, 0.1) is 28.7 Å². The van der Waals surface area contributed by atoms with E-state index in [4.69, 9.17) is 0 Å². The van der Waals surface area contributed by atoms with Gasteiger partial charge in [0.15, 0.2) is 0 Å². The van der Waals surface area contributed by atoms with E-state index in [9.17, 15) is 4.79 Å². The lowest BCUT2D eigenvalue weighted by Gasteiger charge is -2.25. The molecule has 3 aromatic rings. The van der Waals surface area contributed by atoms with Gasteiger partial charge < -0.3 is 10.2 Å². The van der Waals surface area contributed by atoms with Crippen molar-refractivity contribution in [2.45, 2.75) is 33.2 Å². The number of nitrogens with zero attached hydrogens (tertiary/aromatic N) is 3. The molecule has 1 N–H and O–H groups in total. The fraction of sp³-hybridized carbons (Fsp3) is 0.333. The average molecular weight is 391 g/mol. The third kappa shape index (κ3) is 4.57. The quantitative estimate of drug-likeness (QED) is 0.661. The fourth-order valence-electron chi connectivity index (χ4n) is 3.64. The number of benzene rings is 2. The van der Waals surface area contributed by atoms with E-state index in [-0.39, 0.29) is 11.9 Å². The maximum absolute atomic E-state index is 13.0. The Morgan fingerprint density at radius 3 is 2.31 bits per heavy atom. The van der Waals surface area contributed by atoms with Crippen LogP contribution in [0.15, 0.2) is 54.6 Å². The monoisotopic (exact) mass is 390 g/mol. The molecule has 0 radical (unpaired) electrons. The second-order valence-electron chi connectivity index (χ2n) is 7.58. The van der Waals surface area contributed by atoms with Crippen LogP contribution < -0.4 is 5.32 Å². The highest BCUT2D eigenvalue weighted by atomic mass is 16.1. The SMILES string of the molecule is CCc1ccc([C@@H](CNC(=O)c2c(C)nn(-c3ccccc3)c2C)N(C)C)cc1. The number of carbonyl (C=O) groups is 1. The highest BCUT2D eigenvalue weighted by molar-refractivity contribution is 5.96. The zero-order valence-electron chi connectivity index (χ0n) is 17.9. The molecule has 29 heavy (non-hydrogen) atoms. The summed E-state index contributed by atoms with van der Waals surface area (Å²) in [5.41, 5.74) is 5.69. The predicted molar refractivity (Wildman–Crippen MR) is 118 cm³/mol. The number of amides is 1. The Bertz CT molecular complexity index is 959. The maximum Gasteiger partial charge on any atom is 0.255 e. The number of aromatic nitrogens is 2. The highest BCUT2D eigenvalue weighted by Gasteiger charge is 2.21. The van der Waals surface area contributed by atoms with Gasteiger partial charge in [0, 0.05) is 6.54 Å². The van der Waals surface area contributed by atoms with Crippen molar-refractivity contribution in [3.63, 3.8) is 0 Å². The summed E-state index contributed by atoms with van der Waals surface area (Å²) in [6.45, 7) is 6.51.